The maximum Gasteiger partial charge on any atom is 0.261 e. The van der Waals surface area contributed by atoms with Gasteiger partial charge in [-0.3, -0.25) is 4.79 Å². The molecule has 0 N–H and O–H groups in total. The molecular weight excluding hydrogens is 288 g/mol. The maximum absolute atomic E-state index is 12.5. The zero-order valence-electron chi connectivity index (χ0n) is 12.8. The van der Waals surface area contributed by atoms with E-state index >= 15 is 0 Å². The van der Waals surface area contributed by atoms with E-state index in [9.17, 15) is 4.79 Å². The van der Waals surface area contributed by atoms with Gasteiger partial charge in [-0.1, -0.05) is 30.3 Å². The lowest BCUT2D eigenvalue weighted by Crippen LogP contribution is -2.36. The third kappa shape index (κ3) is 4.10. The number of nitrogens with zero attached hydrogens (tertiary/aromatic N) is 2. The molecule has 0 spiro atoms. The van der Waals surface area contributed by atoms with E-state index in [2.05, 4.69) is 6.07 Å². The van der Waals surface area contributed by atoms with Crippen molar-refractivity contribution in [2.75, 3.05) is 6.61 Å². The molecule has 116 valence electrons. The highest BCUT2D eigenvalue weighted by atomic mass is 16.5. The molecular formula is C19H18N2O2. The Hall–Kier alpha value is -2.80. The van der Waals surface area contributed by atoms with E-state index in [1.54, 1.807) is 24.3 Å². The van der Waals surface area contributed by atoms with Crippen molar-refractivity contribution >= 4 is 5.91 Å². The second-order valence-corrected chi connectivity index (χ2v) is 5.66. The highest BCUT2D eigenvalue weighted by molar-refractivity contribution is 5.78. The first kappa shape index (κ1) is 15.1. The average Bonchev–Trinajstić information content (AvgIpc) is 3.44. The normalized spacial score (nSPS) is 13.2. The molecule has 3 rings (SSSR count). The Morgan fingerprint density at radius 3 is 2.43 bits per heavy atom. The van der Waals surface area contributed by atoms with Gasteiger partial charge in [0.15, 0.2) is 6.61 Å². The zero-order valence-corrected chi connectivity index (χ0v) is 12.8. The summed E-state index contributed by atoms with van der Waals surface area (Å²) in [6.07, 6.45) is 2.13. The Labute approximate surface area is 135 Å². The Kier molecular flexibility index (Phi) is 4.58. The van der Waals surface area contributed by atoms with Crippen molar-refractivity contribution in [3.05, 3.63) is 65.7 Å². The third-order valence-electron chi connectivity index (χ3n) is 3.85. The molecule has 0 heterocycles. The van der Waals surface area contributed by atoms with Crippen LogP contribution in [0.25, 0.3) is 0 Å². The molecule has 4 heteroatoms. The van der Waals surface area contributed by atoms with Crippen molar-refractivity contribution in [2.45, 2.75) is 25.4 Å². The molecule has 0 unspecified atom stereocenters. The van der Waals surface area contributed by atoms with Gasteiger partial charge in [0.25, 0.3) is 5.91 Å². The van der Waals surface area contributed by atoms with Gasteiger partial charge in [0, 0.05) is 12.6 Å². The molecule has 1 aliphatic carbocycles. The summed E-state index contributed by atoms with van der Waals surface area (Å²) in [6, 6.07) is 19.2. The van der Waals surface area contributed by atoms with E-state index in [1.165, 1.54) is 0 Å². The topological polar surface area (TPSA) is 53.3 Å². The molecule has 2 aromatic rings. The van der Waals surface area contributed by atoms with Crippen molar-refractivity contribution in [1.82, 2.24) is 4.90 Å². The van der Waals surface area contributed by atoms with Crippen LogP contribution in [-0.2, 0) is 11.3 Å². The fourth-order valence-electron chi connectivity index (χ4n) is 2.44. The Bertz CT molecular complexity index is 700. The van der Waals surface area contributed by atoms with Crippen molar-refractivity contribution in [1.29, 1.82) is 5.26 Å². The van der Waals surface area contributed by atoms with Gasteiger partial charge in [-0.2, -0.15) is 5.26 Å². The SMILES string of the molecule is N#Cc1ccc(OCC(=O)N(Cc2ccccc2)C2CC2)cc1. The molecule has 0 radical (unpaired) electrons. The van der Waals surface area contributed by atoms with Gasteiger partial charge in [0.05, 0.1) is 11.6 Å². The van der Waals surface area contributed by atoms with Gasteiger partial charge < -0.3 is 9.64 Å². The summed E-state index contributed by atoms with van der Waals surface area (Å²) in [4.78, 5) is 14.4. The van der Waals surface area contributed by atoms with Crippen LogP contribution in [-0.4, -0.2) is 23.5 Å². The fourth-order valence-corrected chi connectivity index (χ4v) is 2.44. The number of carbonyl (C=O) groups is 1. The van der Waals surface area contributed by atoms with E-state index < -0.39 is 0 Å². The average molecular weight is 306 g/mol. The number of carbonyl (C=O) groups excluding carboxylic acids is 1. The number of amides is 1. The third-order valence-corrected chi connectivity index (χ3v) is 3.85. The summed E-state index contributed by atoms with van der Waals surface area (Å²) in [7, 11) is 0. The molecule has 4 nitrogen and oxygen atoms in total. The summed E-state index contributed by atoms with van der Waals surface area (Å²) in [5, 5.41) is 8.78. The number of rotatable bonds is 6. The van der Waals surface area contributed by atoms with Crippen molar-refractivity contribution in [2.24, 2.45) is 0 Å². The quantitative estimate of drug-likeness (QED) is 0.824. The molecule has 1 aliphatic rings. The predicted molar refractivity (Wildman–Crippen MR) is 86.7 cm³/mol. The summed E-state index contributed by atoms with van der Waals surface area (Å²) in [5.74, 6) is 0.605. The summed E-state index contributed by atoms with van der Waals surface area (Å²) in [5.41, 5.74) is 1.71. The molecule has 0 aromatic heterocycles. The molecule has 1 amide bonds. The van der Waals surface area contributed by atoms with Crippen molar-refractivity contribution in [3.8, 4) is 11.8 Å². The molecule has 2 aromatic carbocycles. The van der Waals surface area contributed by atoms with Crippen LogP contribution in [0.3, 0.4) is 0 Å². The van der Waals surface area contributed by atoms with Gasteiger partial charge in [0.1, 0.15) is 5.75 Å². The van der Waals surface area contributed by atoms with Crippen LogP contribution in [0.15, 0.2) is 54.6 Å². The summed E-state index contributed by atoms with van der Waals surface area (Å²) in [6.45, 7) is 0.649. The number of ether oxygens (including phenoxy) is 1. The van der Waals surface area contributed by atoms with E-state index in [4.69, 9.17) is 10.00 Å². The number of nitriles is 1. The van der Waals surface area contributed by atoms with E-state index in [1.807, 2.05) is 35.2 Å². The van der Waals surface area contributed by atoms with Crippen LogP contribution in [0.2, 0.25) is 0 Å². The van der Waals surface area contributed by atoms with Crippen LogP contribution in [0.4, 0.5) is 0 Å². The number of benzene rings is 2. The predicted octanol–water partition coefficient (Wildman–Crippen LogP) is 3.13. The lowest BCUT2D eigenvalue weighted by Gasteiger charge is -2.22. The highest BCUT2D eigenvalue weighted by Crippen LogP contribution is 2.28. The molecule has 23 heavy (non-hydrogen) atoms. The van der Waals surface area contributed by atoms with Gasteiger partial charge in [-0.05, 0) is 42.7 Å². The Morgan fingerprint density at radius 2 is 1.83 bits per heavy atom. The first-order valence-electron chi connectivity index (χ1n) is 7.72. The largest absolute Gasteiger partial charge is 0.484 e. The van der Waals surface area contributed by atoms with Crippen LogP contribution in [0.1, 0.15) is 24.0 Å². The van der Waals surface area contributed by atoms with Gasteiger partial charge in [-0.15, -0.1) is 0 Å². The van der Waals surface area contributed by atoms with Crippen LogP contribution < -0.4 is 4.74 Å². The van der Waals surface area contributed by atoms with Crippen molar-refractivity contribution < 1.29 is 9.53 Å². The minimum Gasteiger partial charge on any atom is -0.484 e. The molecule has 0 saturated heterocycles. The standard InChI is InChI=1S/C19H18N2O2/c20-12-15-6-10-18(11-7-15)23-14-19(22)21(17-8-9-17)13-16-4-2-1-3-5-16/h1-7,10-11,17H,8-9,13-14H2. The summed E-state index contributed by atoms with van der Waals surface area (Å²) < 4.78 is 5.56. The van der Waals surface area contributed by atoms with Crippen LogP contribution in [0.5, 0.6) is 5.75 Å². The first-order chi connectivity index (χ1) is 11.3. The minimum atomic E-state index is 0.000660. The van der Waals surface area contributed by atoms with E-state index in [-0.39, 0.29) is 12.5 Å². The zero-order chi connectivity index (χ0) is 16.1. The molecule has 0 aliphatic heterocycles. The number of hydrogen-bond acceptors (Lipinski definition) is 3. The van der Waals surface area contributed by atoms with Gasteiger partial charge in [0.2, 0.25) is 0 Å². The molecule has 1 saturated carbocycles. The second kappa shape index (κ2) is 6.97. The Balaban J connectivity index is 1.59. The summed E-state index contributed by atoms with van der Waals surface area (Å²) >= 11 is 0. The van der Waals surface area contributed by atoms with E-state index in [0.717, 1.165) is 18.4 Å². The smallest absolute Gasteiger partial charge is 0.261 e. The van der Waals surface area contributed by atoms with Gasteiger partial charge in [-0.25, -0.2) is 0 Å². The van der Waals surface area contributed by atoms with Gasteiger partial charge >= 0.3 is 0 Å². The monoisotopic (exact) mass is 306 g/mol. The first-order valence-corrected chi connectivity index (χ1v) is 7.72. The highest BCUT2D eigenvalue weighted by Gasteiger charge is 2.32. The van der Waals surface area contributed by atoms with E-state index in [0.29, 0.717) is 23.9 Å². The maximum atomic E-state index is 12.5. The molecule has 0 bridgehead atoms. The molecule has 1 fully saturated rings. The Morgan fingerprint density at radius 1 is 1.13 bits per heavy atom. The number of hydrogen-bond donors (Lipinski definition) is 0. The van der Waals surface area contributed by atoms with Crippen molar-refractivity contribution in [3.63, 3.8) is 0 Å². The second-order valence-electron chi connectivity index (χ2n) is 5.66. The fraction of sp³-hybridized carbons (Fsp3) is 0.263. The lowest BCUT2D eigenvalue weighted by molar-refractivity contribution is -0.134. The minimum absolute atomic E-state index is 0.000660. The lowest BCUT2D eigenvalue weighted by atomic mass is 10.2. The van der Waals surface area contributed by atoms with Crippen LogP contribution >= 0.6 is 0 Å². The van der Waals surface area contributed by atoms with Crippen LogP contribution in [0, 0.1) is 11.3 Å². The molecule has 0 atom stereocenters.